The molecule has 0 saturated carbocycles. The minimum atomic E-state index is 0.791. The van der Waals surface area contributed by atoms with Crippen molar-refractivity contribution in [2.45, 2.75) is 59.9 Å². The highest BCUT2D eigenvalue weighted by Gasteiger charge is 2.05. The molecule has 2 aromatic rings. The highest BCUT2D eigenvalue weighted by atomic mass is 16.5. The summed E-state index contributed by atoms with van der Waals surface area (Å²) in [5, 5.41) is 4.26. The first kappa shape index (κ1) is 18.2. The topological polar surface area (TPSA) is 39.4 Å². The number of hydrogen-bond donors (Lipinski definition) is 0. The van der Waals surface area contributed by atoms with Gasteiger partial charge in [0.25, 0.3) is 0 Å². The van der Waals surface area contributed by atoms with E-state index in [2.05, 4.69) is 49.9 Å². The average molecular weight is 327 g/mol. The van der Waals surface area contributed by atoms with Crippen molar-refractivity contribution < 1.29 is 4.74 Å². The molecule has 0 aliphatic carbocycles. The number of unbranched alkanes of at least 4 members (excludes halogenated alkanes) is 3. The molecule has 1 aromatic heterocycles. The number of hydrogen-bond acceptors (Lipinski definition) is 3. The summed E-state index contributed by atoms with van der Waals surface area (Å²) in [6, 6.07) is 4.19. The molecule has 0 aliphatic rings. The zero-order chi connectivity index (χ0) is 17.4. The van der Waals surface area contributed by atoms with Gasteiger partial charge in [-0.25, -0.2) is 0 Å². The second-order valence-corrected chi connectivity index (χ2v) is 6.20. The van der Waals surface area contributed by atoms with Crippen molar-refractivity contribution in [1.82, 2.24) is 9.78 Å². The normalized spacial score (nSPS) is 11.3. The van der Waals surface area contributed by atoms with Gasteiger partial charge in [0.15, 0.2) is 0 Å². The molecule has 0 atom stereocenters. The van der Waals surface area contributed by atoms with Crippen molar-refractivity contribution in [2.24, 2.45) is 4.99 Å². The van der Waals surface area contributed by atoms with E-state index in [-0.39, 0.29) is 0 Å². The van der Waals surface area contributed by atoms with Gasteiger partial charge in [-0.15, -0.1) is 0 Å². The third kappa shape index (κ3) is 5.22. The monoisotopic (exact) mass is 327 g/mol. The predicted octanol–water partition coefficient (Wildman–Crippen LogP) is 5.23. The summed E-state index contributed by atoms with van der Waals surface area (Å²) in [6.07, 6.45) is 10.6. The number of nitrogens with zero attached hydrogens (tertiary/aromatic N) is 3. The first-order valence-electron chi connectivity index (χ1n) is 8.94. The second-order valence-electron chi connectivity index (χ2n) is 6.20. The number of benzene rings is 1. The summed E-state index contributed by atoms with van der Waals surface area (Å²) in [7, 11) is 0. The van der Waals surface area contributed by atoms with Crippen LogP contribution in [0.5, 0.6) is 5.75 Å². The number of rotatable bonds is 9. The van der Waals surface area contributed by atoms with Crippen molar-refractivity contribution in [3.8, 4) is 5.75 Å². The third-order valence-electron chi connectivity index (χ3n) is 4.08. The Bertz CT molecular complexity index is 674. The fourth-order valence-electron chi connectivity index (χ4n) is 2.54. The van der Waals surface area contributed by atoms with E-state index in [0.29, 0.717) is 0 Å². The van der Waals surface area contributed by atoms with E-state index in [1.54, 1.807) is 0 Å². The molecule has 0 aliphatic heterocycles. The highest BCUT2D eigenvalue weighted by molar-refractivity contribution is 5.81. The van der Waals surface area contributed by atoms with Crippen molar-refractivity contribution in [3.05, 3.63) is 41.2 Å². The zero-order valence-corrected chi connectivity index (χ0v) is 15.4. The summed E-state index contributed by atoms with van der Waals surface area (Å²) in [5.74, 6) is 0.974. The van der Waals surface area contributed by atoms with E-state index in [4.69, 9.17) is 4.74 Å². The van der Waals surface area contributed by atoms with Crippen LogP contribution in [-0.4, -0.2) is 22.6 Å². The van der Waals surface area contributed by atoms with Crippen LogP contribution in [0.1, 0.15) is 56.2 Å². The lowest BCUT2D eigenvalue weighted by Crippen LogP contribution is -1.99. The molecule has 1 heterocycles. The molecule has 0 spiro atoms. The van der Waals surface area contributed by atoms with Crippen LogP contribution < -0.4 is 4.74 Å². The molecule has 0 N–H and O–H groups in total. The Hall–Kier alpha value is -2.10. The minimum Gasteiger partial charge on any atom is -0.493 e. The lowest BCUT2D eigenvalue weighted by molar-refractivity contribution is 0.303. The van der Waals surface area contributed by atoms with Gasteiger partial charge in [-0.3, -0.25) is 9.67 Å². The van der Waals surface area contributed by atoms with Crippen LogP contribution >= 0.6 is 0 Å². The van der Waals surface area contributed by atoms with Gasteiger partial charge in [0.1, 0.15) is 5.75 Å². The standard InChI is InChI=1S/C20H29N3O/c1-5-7-8-9-10-24-20-12-16(3)19(11-17(20)4)21-13-18-14-22-23(6-2)15-18/h11-15H,5-10H2,1-4H3. The number of ether oxygens (including phenoxy) is 1. The van der Waals surface area contributed by atoms with Crippen molar-refractivity contribution >= 4 is 11.9 Å². The van der Waals surface area contributed by atoms with Crippen LogP contribution in [0.25, 0.3) is 0 Å². The molecular weight excluding hydrogens is 298 g/mol. The Balaban J connectivity index is 2.00. The maximum absolute atomic E-state index is 5.93. The number of aromatic nitrogens is 2. The van der Waals surface area contributed by atoms with E-state index in [1.807, 2.05) is 23.3 Å². The smallest absolute Gasteiger partial charge is 0.122 e. The van der Waals surface area contributed by atoms with E-state index in [1.165, 1.54) is 19.3 Å². The largest absolute Gasteiger partial charge is 0.493 e. The fourth-order valence-corrected chi connectivity index (χ4v) is 2.54. The van der Waals surface area contributed by atoms with Crippen molar-refractivity contribution in [3.63, 3.8) is 0 Å². The summed E-state index contributed by atoms with van der Waals surface area (Å²) in [6.45, 7) is 10.1. The number of aliphatic imine (C=N–C) groups is 1. The Morgan fingerprint density at radius 2 is 1.96 bits per heavy atom. The van der Waals surface area contributed by atoms with Crippen molar-refractivity contribution in [2.75, 3.05) is 6.61 Å². The predicted molar refractivity (Wildman–Crippen MR) is 101 cm³/mol. The minimum absolute atomic E-state index is 0.791. The molecule has 0 amide bonds. The van der Waals surface area contributed by atoms with Gasteiger partial charge in [-0.2, -0.15) is 5.10 Å². The molecule has 0 saturated heterocycles. The summed E-state index contributed by atoms with van der Waals surface area (Å²) in [4.78, 5) is 4.61. The van der Waals surface area contributed by atoms with Gasteiger partial charge in [0, 0.05) is 24.5 Å². The molecular formula is C20H29N3O. The van der Waals surface area contributed by atoms with Gasteiger partial charge in [0.2, 0.25) is 0 Å². The van der Waals surface area contributed by atoms with E-state index < -0.39 is 0 Å². The Morgan fingerprint density at radius 3 is 2.67 bits per heavy atom. The van der Waals surface area contributed by atoms with Crippen molar-refractivity contribution in [1.29, 1.82) is 0 Å². The zero-order valence-electron chi connectivity index (χ0n) is 15.4. The fraction of sp³-hybridized carbons (Fsp3) is 0.500. The van der Waals surface area contributed by atoms with Gasteiger partial charge in [-0.1, -0.05) is 26.2 Å². The van der Waals surface area contributed by atoms with Gasteiger partial charge in [0.05, 0.1) is 18.5 Å². The van der Waals surface area contributed by atoms with Gasteiger partial charge < -0.3 is 4.74 Å². The van der Waals surface area contributed by atoms with Gasteiger partial charge in [-0.05, 0) is 50.5 Å². The van der Waals surface area contributed by atoms with Crippen LogP contribution in [0.3, 0.4) is 0 Å². The summed E-state index contributed by atoms with van der Waals surface area (Å²) >= 11 is 0. The van der Waals surface area contributed by atoms with Crippen LogP contribution in [-0.2, 0) is 6.54 Å². The highest BCUT2D eigenvalue weighted by Crippen LogP contribution is 2.28. The van der Waals surface area contributed by atoms with E-state index in [9.17, 15) is 0 Å². The molecule has 1 aromatic carbocycles. The molecule has 4 nitrogen and oxygen atoms in total. The number of aryl methyl sites for hydroxylation is 3. The second kappa shape index (κ2) is 9.26. The Morgan fingerprint density at radius 1 is 1.12 bits per heavy atom. The third-order valence-corrected chi connectivity index (χ3v) is 4.08. The van der Waals surface area contributed by atoms with Gasteiger partial charge >= 0.3 is 0 Å². The van der Waals surface area contributed by atoms with Crippen LogP contribution in [0.4, 0.5) is 5.69 Å². The van der Waals surface area contributed by atoms with E-state index in [0.717, 1.165) is 47.7 Å². The summed E-state index contributed by atoms with van der Waals surface area (Å²) < 4.78 is 7.83. The molecule has 130 valence electrons. The van der Waals surface area contributed by atoms with Crippen LogP contribution in [0, 0.1) is 13.8 Å². The Kier molecular flexibility index (Phi) is 7.04. The molecule has 0 unspecified atom stereocenters. The van der Waals surface area contributed by atoms with E-state index >= 15 is 0 Å². The quantitative estimate of drug-likeness (QED) is 0.467. The van der Waals surface area contributed by atoms with Crippen LogP contribution in [0.2, 0.25) is 0 Å². The average Bonchev–Trinajstić information content (AvgIpc) is 3.04. The molecule has 2 rings (SSSR count). The molecule has 4 heteroatoms. The van der Waals surface area contributed by atoms with Crippen LogP contribution in [0.15, 0.2) is 29.5 Å². The molecule has 0 radical (unpaired) electrons. The lowest BCUT2D eigenvalue weighted by Gasteiger charge is -2.11. The molecule has 0 bridgehead atoms. The first-order chi connectivity index (χ1) is 11.6. The summed E-state index contributed by atoms with van der Waals surface area (Å²) in [5.41, 5.74) is 4.26. The molecule has 24 heavy (non-hydrogen) atoms. The first-order valence-corrected chi connectivity index (χ1v) is 8.94. The lowest BCUT2D eigenvalue weighted by atomic mass is 10.1. The molecule has 0 fully saturated rings. The Labute approximate surface area is 145 Å². The SMILES string of the molecule is CCCCCCOc1cc(C)c(N=Cc2cnn(CC)c2)cc1C. The maximum atomic E-state index is 5.93. The maximum Gasteiger partial charge on any atom is 0.122 e.